The first kappa shape index (κ1) is 11.4. The number of nitrogens with zero attached hydrogens (tertiary/aromatic N) is 1. The molecule has 0 aromatic heterocycles. The van der Waals surface area contributed by atoms with E-state index < -0.39 is 0 Å². The molecule has 0 heterocycles. The normalized spacial score (nSPS) is 14.1. The van der Waals surface area contributed by atoms with Gasteiger partial charge in [0.05, 0.1) is 11.8 Å². The third kappa shape index (κ3) is 6.12. The summed E-state index contributed by atoms with van der Waals surface area (Å²) < 4.78 is 0. The van der Waals surface area contributed by atoms with Gasteiger partial charge in [-0.3, -0.25) is 0 Å². The van der Waals surface area contributed by atoms with Gasteiger partial charge in [-0.15, -0.1) is 5.16 Å². The predicted molar refractivity (Wildman–Crippen MR) is 50.6 cm³/mol. The van der Waals surface area contributed by atoms with Gasteiger partial charge < -0.3 is 16.3 Å². The Morgan fingerprint density at radius 3 is 2.25 bits per heavy atom. The Morgan fingerprint density at radius 1 is 1.42 bits per heavy atom. The first-order valence-corrected chi connectivity index (χ1v) is 3.99. The number of oxime groups is 1. The number of nitrogens with one attached hydrogen (secondary N) is 1. The lowest BCUT2D eigenvalue weighted by atomic mass is 10.0. The highest BCUT2D eigenvalue weighted by Gasteiger charge is 2.18. The molecular formula is C8H19N3O. The van der Waals surface area contributed by atoms with E-state index in [1.165, 1.54) is 6.21 Å². The second kappa shape index (κ2) is 3.87. The quantitative estimate of drug-likeness (QED) is 0.330. The molecule has 0 amide bonds. The minimum absolute atomic E-state index is 0.249. The van der Waals surface area contributed by atoms with Gasteiger partial charge in [-0.1, -0.05) is 0 Å². The van der Waals surface area contributed by atoms with E-state index in [0.29, 0.717) is 6.54 Å². The topological polar surface area (TPSA) is 70.6 Å². The number of hydrogen-bond acceptors (Lipinski definition) is 4. The third-order valence-corrected chi connectivity index (χ3v) is 1.38. The van der Waals surface area contributed by atoms with Gasteiger partial charge in [0.2, 0.25) is 0 Å². The molecule has 0 aliphatic rings. The van der Waals surface area contributed by atoms with Crippen LogP contribution in [0.5, 0.6) is 0 Å². The maximum Gasteiger partial charge on any atom is 0.0631 e. The zero-order valence-corrected chi connectivity index (χ0v) is 8.26. The SMILES string of the molecule is CC(C)(N)CNC(C)(C)C=NO. The van der Waals surface area contributed by atoms with Gasteiger partial charge in [0.1, 0.15) is 0 Å². The van der Waals surface area contributed by atoms with Crippen molar-refractivity contribution in [1.29, 1.82) is 0 Å². The van der Waals surface area contributed by atoms with E-state index in [0.717, 1.165) is 0 Å². The van der Waals surface area contributed by atoms with E-state index >= 15 is 0 Å². The Morgan fingerprint density at radius 2 is 1.92 bits per heavy atom. The average molecular weight is 173 g/mol. The summed E-state index contributed by atoms with van der Waals surface area (Å²) in [7, 11) is 0. The summed E-state index contributed by atoms with van der Waals surface area (Å²) in [6.07, 6.45) is 1.44. The van der Waals surface area contributed by atoms with Crippen molar-refractivity contribution in [2.45, 2.75) is 38.8 Å². The Labute approximate surface area is 73.8 Å². The summed E-state index contributed by atoms with van der Waals surface area (Å²) in [5, 5.41) is 14.5. The maximum absolute atomic E-state index is 8.33. The van der Waals surface area contributed by atoms with Crippen molar-refractivity contribution in [1.82, 2.24) is 5.32 Å². The molecule has 0 saturated heterocycles. The van der Waals surface area contributed by atoms with Crippen LogP contribution in [-0.4, -0.2) is 29.0 Å². The van der Waals surface area contributed by atoms with Crippen LogP contribution >= 0.6 is 0 Å². The molecule has 0 fully saturated rings. The molecule has 12 heavy (non-hydrogen) atoms. The summed E-state index contributed by atoms with van der Waals surface area (Å²) >= 11 is 0. The van der Waals surface area contributed by atoms with Crippen LogP contribution in [0.1, 0.15) is 27.7 Å². The number of hydrogen-bond donors (Lipinski definition) is 3. The highest BCUT2D eigenvalue weighted by atomic mass is 16.4. The first-order valence-electron chi connectivity index (χ1n) is 3.99. The van der Waals surface area contributed by atoms with Gasteiger partial charge in [-0.2, -0.15) is 0 Å². The highest BCUT2D eigenvalue weighted by Crippen LogP contribution is 2.01. The lowest BCUT2D eigenvalue weighted by Gasteiger charge is -2.27. The molecule has 0 bridgehead atoms. The number of nitrogens with two attached hydrogens (primary N) is 1. The molecule has 0 aliphatic carbocycles. The predicted octanol–water partition coefficient (Wildman–Crippen LogP) is 0.552. The standard InChI is InChI=1S/C8H19N3O/c1-7(2,9)5-10-8(3,4)6-11-12/h6,10,12H,5,9H2,1-4H3. The van der Waals surface area contributed by atoms with Gasteiger partial charge >= 0.3 is 0 Å². The fraction of sp³-hybridized carbons (Fsp3) is 0.875. The molecule has 0 aromatic rings. The van der Waals surface area contributed by atoms with E-state index in [1.807, 2.05) is 27.7 Å². The second-order valence-electron chi connectivity index (χ2n) is 4.31. The molecule has 4 heteroatoms. The van der Waals surface area contributed by atoms with Crippen LogP contribution < -0.4 is 11.1 Å². The van der Waals surface area contributed by atoms with Gasteiger partial charge in [-0.05, 0) is 27.7 Å². The highest BCUT2D eigenvalue weighted by molar-refractivity contribution is 5.68. The summed E-state index contributed by atoms with van der Waals surface area (Å²) in [5.74, 6) is 0. The fourth-order valence-electron chi connectivity index (χ4n) is 0.646. The zero-order valence-electron chi connectivity index (χ0n) is 8.26. The van der Waals surface area contributed by atoms with Crippen LogP contribution in [0.25, 0.3) is 0 Å². The van der Waals surface area contributed by atoms with E-state index in [4.69, 9.17) is 10.9 Å². The van der Waals surface area contributed by atoms with Gasteiger partial charge in [0, 0.05) is 12.1 Å². The minimum atomic E-state index is -0.314. The van der Waals surface area contributed by atoms with Crippen molar-refractivity contribution in [2.75, 3.05) is 6.54 Å². The average Bonchev–Trinajstić information content (AvgIpc) is 1.83. The Hall–Kier alpha value is -0.610. The van der Waals surface area contributed by atoms with Crippen molar-refractivity contribution >= 4 is 6.21 Å². The molecule has 0 aromatic carbocycles. The molecule has 0 spiro atoms. The van der Waals surface area contributed by atoms with Crippen LogP contribution in [0.3, 0.4) is 0 Å². The van der Waals surface area contributed by atoms with Crippen molar-refractivity contribution < 1.29 is 5.21 Å². The van der Waals surface area contributed by atoms with E-state index in [1.54, 1.807) is 0 Å². The molecule has 0 atom stereocenters. The fourth-order valence-corrected chi connectivity index (χ4v) is 0.646. The number of rotatable bonds is 4. The molecule has 0 unspecified atom stereocenters. The van der Waals surface area contributed by atoms with Crippen LogP contribution in [0.4, 0.5) is 0 Å². The van der Waals surface area contributed by atoms with Crippen LogP contribution in [0.15, 0.2) is 5.16 Å². The van der Waals surface area contributed by atoms with E-state index in [-0.39, 0.29) is 11.1 Å². The lowest BCUT2D eigenvalue weighted by Crippen LogP contribution is -2.51. The van der Waals surface area contributed by atoms with E-state index in [2.05, 4.69) is 10.5 Å². The monoisotopic (exact) mass is 173 g/mol. The van der Waals surface area contributed by atoms with E-state index in [9.17, 15) is 0 Å². The molecule has 4 N–H and O–H groups in total. The second-order valence-corrected chi connectivity index (χ2v) is 4.31. The molecule has 0 rings (SSSR count). The summed E-state index contributed by atoms with van der Waals surface area (Å²) in [4.78, 5) is 0. The maximum atomic E-state index is 8.33. The summed E-state index contributed by atoms with van der Waals surface area (Å²) in [5.41, 5.74) is 5.21. The molecule has 0 aliphatic heterocycles. The summed E-state index contributed by atoms with van der Waals surface area (Å²) in [6, 6.07) is 0. The third-order valence-electron chi connectivity index (χ3n) is 1.38. The Kier molecular flexibility index (Phi) is 3.67. The van der Waals surface area contributed by atoms with Gasteiger partial charge in [0.15, 0.2) is 0 Å². The molecule has 0 radical (unpaired) electrons. The van der Waals surface area contributed by atoms with Crippen LogP contribution in [-0.2, 0) is 0 Å². The largest absolute Gasteiger partial charge is 0.411 e. The zero-order chi connectivity index (χ0) is 9.83. The van der Waals surface area contributed by atoms with Crippen molar-refractivity contribution in [3.8, 4) is 0 Å². The lowest BCUT2D eigenvalue weighted by molar-refractivity contribution is 0.313. The Balaban J connectivity index is 3.92. The smallest absolute Gasteiger partial charge is 0.0631 e. The van der Waals surface area contributed by atoms with Crippen LogP contribution in [0, 0.1) is 0 Å². The summed E-state index contributed by atoms with van der Waals surface area (Å²) in [6.45, 7) is 8.38. The molecule has 4 nitrogen and oxygen atoms in total. The van der Waals surface area contributed by atoms with Crippen LogP contribution in [0.2, 0.25) is 0 Å². The first-order chi connectivity index (χ1) is 5.27. The van der Waals surface area contributed by atoms with Gasteiger partial charge in [-0.25, -0.2) is 0 Å². The molecule has 0 saturated carbocycles. The van der Waals surface area contributed by atoms with Crippen molar-refractivity contribution in [3.05, 3.63) is 0 Å². The minimum Gasteiger partial charge on any atom is -0.411 e. The molecular weight excluding hydrogens is 154 g/mol. The molecule has 72 valence electrons. The van der Waals surface area contributed by atoms with Crippen molar-refractivity contribution in [2.24, 2.45) is 10.9 Å². The van der Waals surface area contributed by atoms with Crippen molar-refractivity contribution in [3.63, 3.8) is 0 Å². The Bertz CT molecular complexity index is 158. The van der Waals surface area contributed by atoms with Gasteiger partial charge in [0.25, 0.3) is 0 Å².